The van der Waals surface area contributed by atoms with E-state index in [1.165, 1.54) is 25.8 Å². The number of carbonyl (C=O) groups is 1. The van der Waals surface area contributed by atoms with Crippen LogP contribution in [0.15, 0.2) is 42.0 Å². The van der Waals surface area contributed by atoms with Gasteiger partial charge in [0.25, 0.3) is 0 Å². The molecule has 1 aromatic carbocycles. The number of hydrogen-bond acceptors (Lipinski definition) is 5. The highest BCUT2D eigenvalue weighted by molar-refractivity contribution is 5.75. The molecule has 0 bridgehead atoms. The molecule has 1 aromatic rings. The van der Waals surface area contributed by atoms with Gasteiger partial charge in [-0.1, -0.05) is 55.8 Å². The molecule has 3 aliphatic heterocycles. The molecule has 5 atom stereocenters. The van der Waals surface area contributed by atoms with E-state index < -0.39 is 0 Å². The number of benzene rings is 1. The molecule has 3 heterocycles. The Morgan fingerprint density at radius 3 is 2.65 bits per heavy atom. The zero-order valence-corrected chi connectivity index (χ0v) is 21.7. The first-order valence-corrected chi connectivity index (χ1v) is 13.3. The summed E-state index contributed by atoms with van der Waals surface area (Å²) >= 11 is 0. The average Bonchev–Trinajstić information content (AvgIpc) is 3.33. The first-order valence-electron chi connectivity index (χ1n) is 13.3. The summed E-state index contributed by atoms with van der Waals surface area (Å²) in [5, 5.41) is 4.01. The number of piperidine rings is 1. The molecule has 34 heavy (non-hydrogen) atoms. The molecule has 5 rings (SSSR count). The van der Waals surface area contributed by atoms with Crippen LogP contribution in [0.1, 0.15) is 59.4 Å². The number of hydrogen-bond donors (Lipinski definition) is 1. The van der Waals surface area contributed by atoms with E-state index in [4.69, 9.17) is 4.74 Å². The van der Waals surface area contributed by atoms with Gasteiger partial charge in [0.15, 0.2) is 0 Å². The first kappa shape index (κ1) is 24.0. The van der Waals surface area contributed by atoms with Gasteiger partial charge < -0.3 is 10.1 Å². The predicted octanol–water partition coefficient (Wildman–Crippen LogP) is 4.24. The molecule has 0 aromatic heterocycles. The molecule has 1 aliphatic carbocycles. The van der Waals surface area contributed by atoms with Crippen LogP contribution in [0.4, 0.5) is 0 Å². The van der Waals surface area contributed by atoms with Crippen molar-refractivity contribution in [3.8, 4) is 0 Å². The number of esters is 1. The van der Waals surface area contributed by atoms with Crippen LogP contribution < -0.4 is 5.32 Å². The number of nitrogens with one attached hydrogen (secondary N) is 1. The molecule has 3 fully saturated rings. The second-order valence-electron chi connectivity index (χ2n) is 12.2. The minimum absolute atomic E-state index is 0.103. The van der Waals surface area contributed by atoms with Gasteiger partial charge in [-0.15, -0.1) is 0 Å². The molecular weight excluding hydrogens is 422 g/mol. The van der Waals surface area contributed by atoms with Crippen LogP contribution in [0, 0.1) is 17.3 Å². The van der Waals surface area contributed by atoms with E-state index in [2.05, 4.69) is 48.9 Å². The van der Waals surface area contributed by atoms with Crippen molar-refractivity contribution in [1.82, 2.24) is 15.1 Å². The molecule has 0 radical (unpaired) electrons. The van der Waals surface area contributed by atoms with Crippen LogP contribution in [0.5, 0.6) is 0 Å². The summed E-state index contributed by atoms with van der Waals surface area (Å²) in [6.07, 6.45) is 6.20. The predicted molar refractivity (Wildman–Crippen MR) is 136 cm³/mol. The van der Waals surface area contributed by atoms with Crippen molar-refractivity contribution < 1.29 is 9.53 Å². The van der Waals surface area contributed by atoms with E-state index in [0.717, 1.165) is 31.1 Å². The number of likely N-dealkylation sites (tertiary alicyclic amines) is 1. The SMILES string of the molecule is CC(C)C1=CCN(C(C)(C)CC2NC3CN(C(C)C(=O)OCc4ccccc4)CC34CC24)CC1. The van der Waals surface area contributed by atoms with E-state index in [0.29, 0.717) is 30.0 Å². The quantitative estimate of drug-likeness (QED) is 0.460. The Labute approximate surface area is 205 Å². The normalized spacial score (nSPS) is 32.3. The molecule has 2 saturated heterocycles. The van der Waals surface area contributed by atoms with Crippen LogP contribution in [-0.2, 0) is 16.1 Å². The second-order valence-corrected chi connectivity index (χ2v) is 12.2. The maximum Gasteiger partial charge on any atom is 0.323 e. The van der Waals surface area contributed by atoms with E-state index in [1.54, 1.807) is 5.57 Å². The number of rotatable bonds is 8. The molecule has 1 spiro atoms. The summed E-state index contributed by atoms with van der Waals surface area (Å²) < 4.78 is 5.64. The third kappa shape index (κ3) is 4.47. The number of carbonyl (C=O) groups excluding carboxylic acids is 1. The van der Waals surface area contributed by atoms with Gasteiger partial charge in [0.1, 0.15) is 12.6 Å². The molecule has 5 unspecified atom stereocenters. The van der Waals surface area contributed by atoms with Gasteiger partial charge in [-0.05, 0) is 57.4 Å². The fourth-order valence-corrected chi connectivity index (χ4v) is 6.96. The maximum absolute atomic E-state index is 12.7. The summed E-state index contributed by atoms with van der Waals surface area (Å²) in [4.78, 5) is 17.8. The second kappa shape index (κ2) is 9.07. The lowest BCUT2D eigenvalue weighted by atomic mass is 9.88. The lowest BCUT2D eigenvalue weighted by Gasteiger charge is -2.42. The van der Waals surface area contributed by atoms with Gasteiger partial charge in [-0.2, -0.15) is 0 Å². The Bertz CT molecular complexity index is 927. The lowest BCUT2D eigenvalue weighted by molar-refractivity contribution is -0.150. The van der Waals surface area contributed by atoms with Crippen LogP contribution in [0.3, 0.4) is 0 Å². The van der Waals surface area contributed by atoms with Crippen LogP contribution in [0.25, 0.3) is 0 Å². The van der Waals surface area contributed by atoms with Crippen molar-refractivity contribution in [3.63, 3.8) is 0 Å². The largest absolute Gasteiger partial charge is 0.460 e. The number of ether oxygens (including phenoxy) is 1. The maximum atomic E-state index is 12.7. The van der Waals surface area contributed by atoms with Crippen molar-refractivity contribution >= 4 is 5.97 Å². The Hall–Kier alpha value is -1.69. The molecule has 1 N–H and O–H groups in total. The Kier molecular flexibility index (Phi) is 6.41. The van der Waals surface area contributed by atoms with Crippen LogP contribution in [0.2, 0.25) is 0 Å². The van der Waals surface area contributed by atoms with Crippen molar-refractivity contribution in [2.75, 3.05) is 26.2 Å². The topological polar surface area (TPSA) is 44.8 Å². The Morgan fingerprint density at radius 1 is 1.24 bits per heavy atom. The first-order chi connectivity index (χ1) is 16.2. The standard InChI is InChI=1S/C29H43N3O2/c1-20(2)23-11-13-32(14-12-23)28(4,5)16-25-24-15-29(24)19-31(17-26(29)30-25)21(3)27(33)34-18-22-9-7-6-8-10-22/h6-11,20-21,24-26,30H,12-19H2,1-5H3. The van der Waals surface area contributed by atoms with Crippen molar-refractivity contribution in [2.24, 2.45) is 17.3 Å². The highest BCUT2D eigenvalue weighted by Gasteiger charge is 2.70. The highest BCUT2D eigenvalue weighted by atomic mass is 16.5. The fourth-order valence-electron chi connectivity index (χ4n) is 6.96. The van der Waals surface area contributed by atoms with Gasteiger partial charge in [0, 0.05) is 49.2 Å². The molecule has 186 valence electrons. The zero-order chi connectivity index (χ0) is 24.1. The molecule has 5 heteroatoms. The van der Waals surface area contributed by atoms with E-state index >= 15 is 0 Å². The van der Waals surface area contributed by atoms with Crippen molar-refractivity contribution in [3.05, 3.63) is 47.5 Å². The molecule has 5 nitrogen and oxygen atoms in total. The van der Waals surface area contributed by atoms with E-state index in [-0.39, 0.29) is 17.6 Å². The highest BCUT2D eigenvalue weighted by Crippen LogP contribution is 2.65. The third-order valence-electron chi connectivity index (χ3n) is 9.36. The van der Waals surface area contributed by atoms with Gasteiger partial charge >= 0.3 is 5.97 Å². The van der Waals surface area contributed by atoms with Crippen molar-refractivity contribution in [2.45, 2.75) is 84.2 Å². The van der Waals surface area contributed by atoms with Gasteiger partial charge in [0.2, 0.25) is 0 Å². The van der Waals surface area contributed by atoms with Gasteiger partial charge in [-0.3, -0.25) is 14.6 Å². The van der Waals surface area contributed by atoms with Gasteiger partial charge in [-0.25, -0.2) is 0 Å². The van der Waals surface area contributed by atoms with E-state index in [9.17, 15) is 4.79 Å². The molecule has 1 saturated carbocycles. The minimum Gasteiger partial charge on any atom is -0.460 e. The summed E-state index contributed by atoms with van der Waals surface area (Å²) in [5.74, 6) is 1.32. The van der Waals surface area contributed by atoms with Crippen molar-refractivity contribution in [1.29, 1.82) is 0 Å². The zero-order valence-electron chi connectivity index (χ0n) is 21.7. The monoisotopic (exact) mass is 465 g/mol. The third-order valence-corrected chi connectivity index (χ3v) is 9.36. The Morgan fingerprint density at radius 2 is 2.00 bits per heavy atom. The smallest absolute Gasteiger partial charge is 0.323 e. The van der Waals surface area contributed by atoms with Crippen LogP contribution >= 0.6 is 0 Å². The minimum atomic E-state index is -0.183. The summed E-state index contributed by atoms with van der Waals surface area (Å²) in [6.45, 7) is 16.1. The summed E-state index contributed by atoms with van der Waals surface area (Å²) in [6, 6.07) is 10.9. The fraction of sp³-hybridized carbons (Fsp3) is 0.690. The molecular formula is C29H43N3O2. The lowest BCUT2D eigenvalue weighted by Crippen LogP contribution is -2.51. The Balaban J connectivity index is 1.13. The van der Waals surface area contributed by atoms with Gasteiger partial charge in [0.05, 0.1) is 0 Å². The van der Waals surface area contributed by atoms with Crippen LogP contribution in [-0.4, -0.2) is 65.6 Å². The molecule has 0 amide bonds. The summed E-state index contributed by atoms with van der Waals surface area (Å²) in [7, 11) is 0. The summed E-state index contributed by atoms with van der Waals surface area (Å²) in [5.41, 5.74) is 3.24. The molecule has 4 aliphatic rings. The average molecular weight is 466 g/mol. The van der Waals surface area contributed by atoms with E-state index in [1.807, 2.05) is 37.3 Å². The number of nitrogens with zero attached hydrogens (tertiary/aromatic N) is 2.